The van der Waals surface area contributed by atoms with Gasteiger partial charge in [0.25, 0.3) is 0 Å². The molecule has 0 spiro atoms. The Bertz CT molecular complexity index is 766. The number of ether oxygens (including phenoxy) is 1. The zero-order valence-corrected chi connectivity index (χ0v) is 15.3. The van der Waals surface area contributed by atoms with E-state index < -0.39 is 13.1 Å². The molecule has 27 heavy (non-hydrogen) atoms. The molecule has 144 valence electrons. The third kappa shape index (κ3) is 3.37. The standard InChI is InChI=1S/C18H23BN2O6/c1-20-8-2-3-13(20)17(22)21-9-12(10-21)26-14-5-4-11-6-7-19(25)27-16(11)15(14)18(23)24/h4-5,12-13,25H,2-3,6-10H2,1H3,(H,23,24)/t13-/m0/s1. The van der Waals surface area contributed by atoms with Crippen LogP contribution in [0, 0.1) is 0 Å². The van der Waals surface area contributed by atoms with Gasteiger partial charge in [-0.2, -0.15) is 0 Å². The predicted octanol–water partition coefficient (Wildman–Crippen LogP) is 0.484. The van der Waals surface area contributed by atoms with Gasteiger partial charge in [-0.1, -0.05) is 6.07 Å². The van der Waals surface area contributed by atoms with Crippen LogP contribution in [-0.4, -0.2) is 77.8 Å². The Kier molecular flexibility index (Phi) is 4.73. The summed E-state index contributed by atoms with van der Waals surface area (Å²) >= 11 is 0. The molecule has 0 unspecified atom stereocenters. The minimum absolute atomic E-state index is 0.0563. The van der Waals surface area contributed by atoms with E-state index >= 15 is 0 Å². The lowest BCUT2D eigenvalue weighted by Crippen LogP contribution is -2.59. The lowest BCUT2D eigenvalue weighted by molar-refractivity contribution is -0.144. The van der Waals surface area contributed by atoms with Crippen LogP contribution in [0.2, 0.25) is 6.32 Å². The molecular formula is C18H23BN2O6. The second-order valence-electron chi connectivity index (χ2n) is 7.46. The summed E-state index contributed by atoms with van der Waals surface area (Å²) in [5.74, 6) is -0.648. The summed E-state index contributed by atoms with van der Waals surface area (Å²) in [6.07, 6.45) is 2.65. The lowest BCUT2D eigenvalue weighted by Gasteiger charge is -2.41. The van der Waals surface area contributed by atoms with Gasteiger partial charge in [-0.25, -0.2) is 4.79 Å². The third-order valence-electron chi connectivity index (χ3n) is 5.59. The maximum absolute atomic E-state index is 12.5. The van der Waals surface area contributed by atoms with E-state index in [-0.39, 0.29) is 35.1 Å². The largest absolute Gasteiger partial charge is 0.535 e. The molecule has 0 radical (unpaired) electrons. The van der Waals surface area contributed by atoms with Crippen molar-refractivity contribution in [3.8, 4) is 11.5 Å². The van der Waals surface area contributed by atoms with Crippen LogP contribution < -0.4 is 9.39 Å². The number of fused-ring (bicyclic) bond motifs is 1. The molecule has 2 saturated heterocycles. The van der Waals surface area contributed by atoms with Gasteiger partial charge in [-0.05, 0) is 50.8 Å². The van der Waals surface area contributed by atoms with Gasteiger partial charge in [0.15, 0.2) is 0 Å². The van der Waals surface area contributed by atoms with Crippen LogP contribution in [0.5, 0.6) is 11.5 Å². The van der Waals surface area contributed by atoms with E-state index in [1.807, 2.05) is 7.05 Å². The Balaban J connectivity index is 1.44. The molecule has 4 rings (SSSR count). The van der Waals surface area contributed by atoms with Crippen molar-refractivity contribution < 1.29 is 29.1 Å². The number of likely N-dealkylation sites (tertiary alicyclic amines) is 2. The van der Waals surface area contributed by atoms with Crippen LogP contribution in [0.25, 0.3) is 0 Å². The van der Waals surface area contributed by atoms with Crippen LogP contribution in [-0.2, 0) is 11.2 Å². The van der Waals surface area contributed by atoms with Crippen LogP contribution in [0.15, 0.2) is 12.1 Å². The molecule has 8 nitrogen and oxygen atoms in total. The normalized spacial score (nSPS) is 22.8. The van der Waals surface area contributed by atoms with Crippen LogP contribution in [0.1, 0.15) is 28.8 Å². The van der Waals surface area contributed by atoms with E-state index in [4.69, 9.17) is 9.39 Å². The Morgan fingerprint density at radius 3 is 2.78 bits per heavy atom. The molecule has 0 bridgehead atoms. The lowest BCUT2D eigenvalue weighted by atomic mass is 9.78. The van der Waals surface area contributed by atoms with E-state index in [0.717, 1.165) is 24.9 Å². The summed E-state index contributed by atoms with van der Waals surface area (Å²) < 4.78 is 11.2. The summed E-state index contributed by atoms with van der Waals surface area (Å²) in [5, 5.41) is 19.3. The maximum atomic E-state index is 12.5. The van der Waals surface area contributed by atoms with Gasteiger partial charge in [0.1, 0.15) is 23.2 Å². The molecule has 1 aromatic rings. The van der Waals surface area contributed by atoms with Gasteiger partial charge in [0.2, 0.25) is 5.91 Å². The molecule has 2 N–H and O–H groups in total. The summed E-state index contributed by atoms with van der Waals surface area (Å²) in [6.45, 7) is 1.83. The fourth-order valence-electron chi connectivity index (χ4n) is 4.02. The Morgan fingerprint density at radius 2 is 2.11 bits per heavy atom. The van der Waals surface area contributed by atoms with Crippen molar-refractivity contribution in [2.75, 3.05) is 26.7 Å². The minimum atomic E-state index is -1.16. The number of nitrogens with zero attached hydrogens (tertiary/aromatic N) is 2. The number of hydrogen-bond donors (Lipinski definition) is 2. The molecule has 1 aromatic carbocycles. The third-order valence-corrected chi connectivity index (χ3v) is 5.59. The highest BCUT2D eigenvalue weighted by molar-refractivity contribution is 6.44. The zero-order chi connectivity index (χ0) is 19.1. The molecule has 2 fully saturated rings. The van der Waals surface area contributed by atoms with Crippen molar-refractivity contribution in [1.29, 1.82) is 0 Å². The second kappa shape index (κ2) is 7.05. The Morgan fingerprint density at radius 1 is 1.33 bits per heavy atom. The average molecular weight is 374 g/mol. The molecule has 0 aromatic heterocycles. The van der Waals surface area contributed by atoms with E-state index in [1.165, 1.54) is 0 Å². The summed E-state index contributed by atoms with van der Waals surface area (Å²) in [6, 6.07) is 3.36. The highest BCUT2D eigenvalue weighted by atomic mass is 16.5. The van der Waals surface area contributed by atoms with Gasteiger partial charge in [0, 0.05) is 0 Å². The van der Waals surface area contributed by atoms with Gasteiger partial charge in [-0.15, -0.1) is 0 Å². The first-order valence-electron chi connectivity index (χ1n) is 9.33. The van der Waals surface area contributed by atoms with Crippen molar-refractivity contribution in [3.63, 3.8) is 0 Å². The smallest absolute Gasteiger partial charge is 0.522 e. The van der Waals surface area contributed by atoms with E-state index in [9.17, 15) is 19.7 Å². The number of likely N-dealkylation sites (N-methyl/N-ethyl adjacent to an activating group) is 1. The first-order valence-corrected chi connectivity index (χ1v) is 9.33. The summed E-state index contributed by atoms with van der Waals surface area (Å²) in [7, 11) is 0.954. The number of benzene rings is 1. The number of carbonyl (C=O) groups is 2. The van der Waals surface area contributed by atoms with Crippen molar-refractivity contribution >= 4 is 19.0 Å². The first-order chi connectivity index (χ1) is 12.9. The van der Waals surface area contributed by atoms with Crippen molar-refractivity contribution in [3.05, 3.63) is 23.3 Å². The molecule has 0 aliphatic carbocycles. The molecule has 0 saturated carbocycles. The predicted molar refractivity (Wildman–Crippen MR) is 97.2 cm³/mol. The number of aryl methyl sites for hydroxylation is 1. The molecule has 3 heterocycles. The maximum Gasteiger partial charge on any atom is 0.522 e. The van der Waals surface area contributed by atoms with E-state index in [0.29, 0.717) is 25.8 Å². The van der Waals surface area contributed by atoms with Gasteiger partial charge in [-0.3, -0.25) is 9.69 Å². The molecular weight excluding hydrogens is 351 g/mol. The number of carboxylic acid groups (broad SMARTS) is 1. The minimum Gasteiger partial charge on any atom is -0.535 e. The van der Waals surface area contributed by atoms with Gasteiger partial charge < -0.3 is 24.4 Å². The van der Waals surface area contributed by atoms with Crippen LogP contribution in [0.4, 0.5) is 0 Å². The fraction of sp³-hybridized carbons (Fsp3) is 0.556. The topological polar surface area (TPSA) is 99.5 Å². The number of carboxylic acids is 1. The average Bonchev–Trinajstić information content (AvgIpc) is 3.02. The molecule has 3 aliphatic rings. The number of carbonyl (C=O) groups excluding carboxylic acids is 1. The van der Waals surface area contributed by atoms with Crippen molar-refractivity contribution in [2.24, 2.45) is 0 Å². The summed E-state index contributed by atoms with van der Waals surface area (Å²) in [5.41, 5.74) is 0.686. The number of amides is 1. The van der Waals surface area contributed by atoms with Crippen molar-refractivity contribution in [2.45, 2.75) is 37.7 Å². The van der Waals surface area contributed by atoms with Crippen LogP contribution >= 0.6 is 0 Å². The molecule has 3 aliphatic heterocycles. The monoisotopic (exact) mass is 374 g/mol. The number of rotatable bonds is 4. The highest BCUT2D eigenvalue weighted by Gasteiger charge is 2.39. The Labute approximate surface area is 157 Å². The zero-order valence-electron chi connectivity index (χ0n) is 15.3. The number of aromatic carboxylic acids is 1. The SMILES string of the molecule is CN1CCC[C@H]1C(=O)N1CC(Oc2ccc3c(c2C(=O)O)OB(O)CC3)C1. The van der Waals surface area contributed by atoms with Crippen LogP contribution in [0.3, 0.4) is 0 Å². The summed E-state index contributed by atoms with van der Waals surface area (Å²) in [4.78, 5) is 28.1. The van der Waals surface area contributed by atoms with E-state index in [2.05, 4.69) is 4.90 Å². The second-order valence-corrected chi connectivity index (χ2v) is 7.46. The van der Waals surface area contributed by atoms with Crippen molar-refractivity contribution in [1.82, 2.24) is 9.80 Å². The van der Waals surface area contributed by atoms with E-state index in [1.54, 1.807) is 17.0 Å². The quantitative estimate of drug-likeness (QED) is 0.740. The molecule has 1 amide bonds. The number of hydrogen-bond acceptors (Lipinski definition) is 6. The molecule has 1 atom stereocenters. The first kappa shape index (κ1) is 18.1. The highest BCUT2D eigenvalue weighted by Crippen LogP contribution is 2.37. The van der Waals surface area contributed by atoms with Gasteiger partial charge in [0.05, 0.1) is 19.1 Å². The fourth-order valence-corrected chi connectivity index (χ4v) is 4.02. The Hall–Kier alpha value is -2.26. The molecule has 9 heteroatoms. The van der Waals surface area contributed by atoms with Gasteiger partial charge >= 0.3 is 13.1 Å².